The highest BCUT2D eigenvalue weighted by Gasteiger charge is 2.35. The molecule has 0 spiro atoms. The molecular weight excluding hydrogens is 361 g/mol. The topological polar surface area (TPSA) is 68.8 Å². The fourth-order valence-electron chi connectivity index (χ4n) is 4.54. The first kappa shape index (κ1) is 19.3. The third-order valence-corrected chi connectivity index (χ3v) is 6.02. The summed E-state index contributed by atoms with van der Waals surface area (Å²) >= 11 is 0. The van der Waals surface area contributed by atoms with Crippen LogP contribution in [0.1, 0.15) is 31.4 Å². The fourth-order valence-corrected chi connectivity index (χ4v) is 4.54. The number of aromatic nitrogens is 1. The lowest BCUT2D eigenvalue weighted by atomic mass is 9.99. The third-order valence-electron chi connectivity index (χ3n) is 6.02. The van der Waals surface area contributed by atoms with Crippen molar-refractivity contribution in [2.45, 2.75) is 44.8 Å². The van der Waals surface area contributed by atoms with Crippen LogP contribution in [-0.2, 0) is 9.59 Å². The second kappa shape index (κ2) is 8.13. The van der Waals surface area contributed by atoms with Crippen molar-refractivity contribution >= 4 is 23.3 Å². The summed E-state index contributed by atoms with van der Waals surface area (Å²) in [7, 11) is 0. The second-order valence-electron chi connectivity index (χ2n) is 7.85. The summed E-state index contributed by atoms with van der Waals surface area (Å²) in [5.74, 6) is -0.0171. The molecule has 1 aromatic rings. The normalized spacial score (nSPS) is 27.4. The number of nitrogens with one attached hydrogen (secondary N) is 1. The Balaban J connectivity index is 1.46. The Kier molecular flexibility index (Phi) is 5.59. The summed E-state index contributed by atoms with van der Waals surface area (Å²) in [6.45, 7) is 6.62. The van der Waals surface area contributed by atoms with Crippen molar-refractivity contribution in [1.29, 1.82) is 0 Å². The first-order valence-corrected chi connectivity index (χ1v) is 10.2. The Labute approximate surface area is 164 Å². The number of hydrogen-bond acceptors (Lipinski definition) is 6. The molecule has 8 heteroatoms. The van der Waals surface area contributed by atoms with Crippen molar-refractivity contribution in [2.75, 3.05) is 49.1 Å². The van der Waals surface area contributed by atoms with Gasteiger partial charge in [0.25, 0.3) is 0 Å². The van der Waals surface area contributed by atoms with Crippen LogP contribution in [0.15, 0.2) is 12.1 Å². The van der Waals surface area contributed by atoms with Gasteiger partial charge in [-0.3, -0.25) is 14.5 Å². The monoisotopic (exact) mass is 389 g/mol. The molecule has 0 aliphatic carbocycles. The summed E-state index contributed by atoms with van der Waals surface area (Å²) < 4.78 is 15.0. The lowest BCUT2D eigenvalue weighted by Crippen LogP contribution is -2.57. The predicted molar refractivity (Wildman–Crippen MR) is 105 cm³/mol. The molecule has 152 valence electrons. The Hall–Kier alpha value is -2.06. The number of alkyl halides is 1. The van der Waals surface area contributed by atoms with E-state index < -0.39 is 6.17 Å². The molecule has 2 amide bonds. The summed E-state index contributed by atoms with van der Waals surface area (Å²) in [6.07, 6.45) is 1.22. The molecule has 4 rings (SSSR count). The van der Waals surface area contributed by atoms with Crippen molar-refractivity contribution < 1.29 is 14.0 Å². The molecule has 3 fully saturated rings. The van der Waals surface area contributed by atoms with Crippen LogP contribution in [0.3, 0.4) is 0 Å². The molecule has 7 nitrogen and oxygen atoms in total. The second-order valence-corrected chi connectivity index (χ2v) is 7.85. The van der Waals surface area contributed by atoms with E-state index in [9.17, 15) is 14.0 Å². The van der Waals surface area contributed by atoms with E-state index in [4.69, 9.17) is 0 Å². The van der Waals surface area contributed by atoms with Crippen LogP contribution in [0.25, 0.3) is 0 Å². The van der Waals surface area contributed by atoms with Gasteiger partial charge in [-0.15, -0.1) is 0 Å². The van der Waals surface area contributed by atoms with E-state index in [-0.39, 0.29) is 17.9 Å². The number of hydrogen-bond donors (Lipinski definition) is 1. The lowest BCUT2D eigenvalue weighted by Gasteiger charge is -2.43. The van der Waals surface area contributed by atoms with Gasteiger partial charge in [-0.25, -0.2) is 14.3 Å². The molecule has 4 heterocycles. The van der Waals surface area contributed by atoms with Gasteiger partial charge in [0.2, 0.25) is 11.8 Å². The number of carbonyl (C=O) groups excluding carboxylic acids is 2. The first-order chi connectivity index (χ1) is 13.5. The maximum Gasteiger partial charge on any atom is 0.234 e. The van der Waals surface area contributed by atoms with Gasteiger partial charge in [0, 0.05) is 51.6 Å². The zero-order chi connectivity index (χ0) is 19.7. The lowest BCUT2D eigenvalue weighted by molar-refractivity contribution is -0.129. The van der Waals surface area contributed by atoms with E-state index in [1.807, 2.05) is 17.9 Å². The maximum atomic E-state index is 15.0. The van der Waals surface area contributed by atoms with Gasteiger partial charge >= 0.3 is 0 Å². The zero-order valence-electron chi connectivity index (χ0n) is 16.4. The minimum atomic E-state index is -0.906. The number of amides is 2. The predicted octanol–water partition coefficient (Wildman–Crippen LogP) is 1.26. The largest absolute Gasteiger partial charge is 0.367 e. The number of anilines is 2. The maximum absolute atomic E-state index is 15.0. The number of halogens is 1. The molecule has 0 saturated carbocycles. The van der Waals surface area contributed by atoms with E-state index in [1.165, 1.54) is 4.90 Å². The first-order valence-electron chi connectivity index (χ1n) is 10.2. The van der Waals surface area contributed by atoms with E-state index in [1.54, 1.807) is 6.07 Å². The van der Waals surface area contributed by atoms with Gasteiger partial charge in [-0.2, -0.15) is 0 Å². The smallest absolute Gasteiger partial charge is 0.234 e. The highest BCUT2D eigenvalue weighted by molar-refractivity contribution is 6.15. The number of nitrogens with zero attached hydrogens (tertiary/aromatic N) is 4. The van der Waals surface area contributed by atoms with Gasteiger partial charge in [-0.1, -0.05) is 0 Å². The quantitative estimate of drug-likeness (QED) is 0.785. The fraction of sp³-hybridized carbons (Fsp3) is 0.650. The van der Waals surface area contributed by atoms with Crippen LogP contribution in [0, 0.1) is 6.92 Å². The number of pyridine rings is 1. The molecule has 0 radical (unpaired) electrons. The Bertz CT molecular complexity index is 736. The zero-order valence-corrected chi connectivity index (χ0v) is 16.4. The molecule has 3 aliphatic heterocycles. The molecule has 1 aromatic heterocycles. The van der Waals surface area contributed by atoms with Gasteiger partial charge in [-0.05, 0) is 31.9 Å². The van der Waals surface area contributed by atoms with Gasteiger partial charge in [0.1, 0.15) is 12.0 Å². The Morgan fingerprint density at radius 1 is 1.11 bits per heavy atom. The number of rotatable bonds is 3. The molecule has 1 N–H and O–H groups in total. The SMILES string of the molecule is Cc1nc(N2C(=O)CCCC2=O)ccc1N1CC[C@H](N2CCNCC2)[C@@H](F)C1. The summed E-state index contributed by atoms with van der Waals surface area (Å²) in [5.41, 5.74) is 1.60. The number of piperazine rings is 1. The molecule has 0 unspecified atom stereocenters. The Morgan fingerprint density at radius 2 is 1.82 bits per heavy atom. The van der Waals surface area contributed by atoms with Crippen molar-refractivity contribution in [3.05, 3.63) is 17.8 Å². The van der Waals surface area contributed by atoms with Gasteiger partial charge in [0.15, 0.2) is 0 Å². The summed E-state index contributed by atoms with van der Waals surface area (Å²) in [6, 6.07) is 3.55. The molecule has 2 atom stereocenters. The number of aryl methyl sites for hydroxylation is 1. The highest BCUT2D eigenvalue weighted by Crippen LogP contribution is 2.29. The van der Waals surface area contributed by atoms with Crippen LogP contribution >= 0.6 is 0 Å². The van der Waals surface area contributed by atoms with Crippen molar-refractivity contribution in [1.82, 2.24) is 15.2 Å². The number of imide groups is 1. The molecule has 3 aliphatic rings. The van der Waals surface area contributed by atoms with Crippen molar-refractivity contribution in [3.8, 4) is 0 Å². The molecular formula is C20H28FN5O2. The number of carbonyl (C=O) groups is 2. The third kappa shape index (κ3) is 3.75. The van der Waals surface area contributed by atoms with E-state index in [0.717, 1.165) is 50.5 Å². The van der Waals surface area contributed by atoms with E-state index in [0.29, 0.717) is 31.6 Å². The minimum absolute atomic E-state index is 0.0190. The minimum Gasteiger partial charge on any atom is -0.367 e. The summed E-state index contributed by atoms with van der Waals surface area (Å²) in [4.78, 5) is 34.3. The van der Waals surface area contributed by atoms with Gasteiger partial charge in [0.05, 0.1) is 17.9 Å². The van der Waals surface area contributed by atoms with Crippen molar-refractivity contribution in [2.24, 2.45) is 0 Å². The van der Waals surface area contributed by atoms with E-state index in [2.05, 4.69) is 15.2 Å². The summed E-state index contributed by atoms with van der Waals surface area (Å²) in [5, 5.41) is 3.31. The van der Waals surface area contributed by atoms with Crippen LogP contribution in [0.5, 0.6) is 0 Å². The van der Waals surface area contributed by atoms with Crippen LogP contribution in [0.4, 0.5) is 15.9 Å². The van der Waals surface area contributed by atoms with E-state index >= 15 is 0 Å². The molecule has 3 saturated heterocycles. The van der Waals surface area contributed by atoms with Crippen LogP contribution in [-0.4, -0.2) is 73.2 Å². The van der Waals surface area contributed by atoms with Crippen LogP contribution in [0.2, 0.25) is 0 Å². The van der Waals surface area contributed by atoms with Gasteiger partial charge < -0.3 is 10.2 Å². The molecule has 0 aromatic carbocycles. The van der Waals surface area contributed by atoms with Crippen molar-refractivity contribution in [3.63, 3.8) is 0 Å². The average Bonchev–Trinajstić information content (AvgIpc) is 2.68. The number of piperidine rings is 2. The average molecular weight is 389 g/mol. The Morgan fingerprint density at radius 3 is 2.46 bits per heavy atom. The molecule has 0 bridgehead atoms. The molecule has 28 heavy (non-hydrogen) atoms. The highest BCUT2D eigenvalue weighted by atomic mass is 19.1. The standard InChI is InChI=1S/C20H28FN5O2/c1-14-16(5-6-18(23-14)26-19(27)3-2-4-20(26)28)25-10-7-17(15(21)13-25)24-11-8-22-9-12-24/h5-6,15,17,22H,2-4,7-13H2,1H3/t15-,17-/m0/s1. The van der Waals surface area contributed by atoms with Crippen LogP contribution < -0.4 is 15.1 Å².